The summed E-state index contributed by atoms with van der Waals surface area (Å²) in [7, 11) is -3.93. The smallest absolute Gasteiger partial charge is 0.264 e. The molecule has 3 aromatic carbocycles. The lowest BCUT2D eigenvalue weighted by Gasteiger charge is -2.26. The monoisotopic (exact) mass is 436 g/mol. The molecule has 0 heterocycles. The highest BCUT2D eigenvalue weighted by Crippen LogP contribution is 2.28. The molecule has 0 aromatic heterocycles. The summed E-state index contributed by atoms with van der Waals surface area (Å²) in [5, 5.41) is 2.89. The first kappa shape index (κ1) is 22.6. The Morgan fingerprint density at radius 3 is 2.06 bits per heavy atom. The first-order valence-corrected chi connectivity index (χ1v) is 11.9. The molecule has 3 rings (SSSR count). The van der Waals surface area contributed by atoms with Crippen molar-refractivity contribution in [1.82, 2.24) is 0 Å². The predicted molar refractivity (Wildman–Crippen MR) is 126 cm³/mol. The minimum atomic E-state index is -3.93. The third-order valence-electron chi connectivity index (χ3n) is 5.21. The maximum Gasteiger partial charge on any atom is 0.264 e. The van der Waals surface area contributed by atoms with E-state index < -0.39 is 10.0 Å². The van der Waals surface area contributed by atoms with Crippen molar-refractivity contribution in [2.24, 2.45) is 0 Å². The minimum Gasteiger partial charge on any atom is -0.324 e. The Hall–Kier alpha value is -3.12. The molecule has 162 valence electrons. The number of sulfonamides is 1. The Balaban J connectivity index is 2.00. The Morgan fingerprint density at radius 2 is 1.42 bits per heavy atom. The lowest BCUT2D eigenvalue weighted by Crippen LogP contribution is -2.38. The van der Waals surface area contributed by atoms with Crippen LogP contribution in [-0.4, -0.2) is 20.9 Å². The fraction of sp³-hybridized carbons (Fsp3) is 0.240. The molecule has 0 saturated carbocycles. The maximum atomic E-state index is 13.6. The van der Waals surface area contributed by atoms with Gasteiger partial charge in [-0.25, -0.2) is 8.42 Å². The van der Waals surface area contributed by atoms with Crippen LogP contribution >= 0.6 is 0 Å². The zero-order valence-corrected chi connectivity index (χ0v) is 18.9. The minimum absolute atomic E-state index is 0.158. The van der Waals surface area contributed by atoms with Gasteiger partial charge in [0.25, 0.3) is 10.0 Å². The summed E-state index contributed by atoms with van der Waals surface area (Å²) < 4.78 is 28.3. The Morgan fingerprint density at radius 1 is 0.839 bits per heavy atom. The van der Waals surface area contributed by atoms with Crippen LogP contribution in [0.15, 0.2) is 77.7 Å². The van der Waals surface area contributed by atoms with Gasteiger partial charge in [-0.1, -0.05) is 67.9 Å². The average Bonchev–Trinajstić information content (AvgIpc) is 2.78. The molecule has 1 N–H and O–H groups in total. The van der Waals surface area contributed by atoms with Crippen molar-refractivity contribution in [2.75, 3.05) is 16.2 Å². The summed E-state index contributed by atoms with van der Waals surface area (Å²) in [6.07, 6.45) is 1.41. The number of nitrogens with one attached hydrogen (secondary N) is 1. The molecule has 0 fully saturated rings. The fourth-order valence-electron chi connectivity index (χ4n) is 3.46. The lowest BCUT2D eigenvalue weighted by molar-refractivity contribution is -0.114. The summed E-state index contributed by atoms with van der Waals surface area (Å²) in [5.74, 6) is -0.387. The van der Waals surface area contributed by atoms with Crippen molar-refractivity contribution in [1.29, 1.82) is 0 Å². The normalized spacial score (nSPS) is 11.2. The molecule has 31 heavy (non-hydrogen) atoms. The molecule has 0 unspecified atom stereocenters. The number of hydrogen-bond donors (Lipinski definition) is 1. The first-order valence-electron chi connectivity index (χ1n) is 10.4. The van der Waals surface area contributed by atoms with Gasteiger partial charge in [0.15, 0.2) is 0 Å². The van der Waals surface area contributed by atoms with E-state index in [9.17, 15) is 13.2 Å². The lowest BCUT2D eigenvalue weighted by atomic mass is 10.1. The quantitative estimate of drug-likeness (QED) is 0.543. The summed E-state index contributed by atoms with van der Waals surface area (Å²) in [5.41, 5.74) is 4.04. The van der Waals surface area contributed by atoms with Crippen LogP contribution in [0.5, 0.6) is 0 Å². The van der Waals surface area contributed by atoms with E-state index >= 15 is 0 Å². The van der Waals surface area contributed by atoms with Crippen LogP contribution in [0.1, 0.15) is 30.5 Å². The zero-order chi connectivity index (χ0) is 22.4. The Kier molecular flexibility index (Phi) is 7.13. The van der Waals surface area contributed by atoms with Gasteiger partial charge in [-0.15, -0.1) is 0 Å². The van der Waals surface area contributed by atoms with Gasteiger partial charge in [-0.3, -0.25) is 9.10 Å². The fourth-order valence-corrected chi connectivity index (χ4v) is 4.92. The molecule has 0 bridgehead atoms. The Labute approximate surface area is 184 Å². The van der Waals surface area contributed by atoms with E-state index in [4.69, 9.17) is 0 Å². The van der Waals surface area contributed by atoms with E-state index in [0.29, 0.717) is 17.8 Å². The van der Waals surface area contributed by atoms with E-state index in [1.807, 2.05) is 57.2 Å². The molecule has 6 heteroatoms. The summed E-state index contributed by atoms with van der Waals surface area (Å²) >= 11 is 0. The molecule has 0 radical (unpaired) electrons. The van der Waals surface area contributed by atoms with Gasteiger partial charge in [0.2, 0.25) is 5.91 Å². The molecule has 0 aliphatic carbocycles. The van der Waals surface area contributed by atoms with Crippen molar-refractivity contribution < 1.29 is 13.2 Å². The van der Waals surface area contributed by atoms with Gasteiger partial charge in [-0.05, 0) is 55.2 Å². The molecule has 0 atom stereocenters. The number of rotatable bonds is 8. The molecule has 3 aromatic rings. The van der Waals surface area contributed by atoms with Gasteiger partial charge in [0, 0.05) is 5.69 Å². The van der Waals surface area contributed by atoms with Gasteiger partial charge < -0.3 is 5.32 Å². The molecule has 5 nitrogen and oxygen atoms in total. The molecule has 0 spiro atoms. The molecular formula is C25H28N2O3S. The average molecular weight is 437 g/mol. The van der Waals surface area contributed by atoms with Crippen LogP contribution in [-0.2, 0) is 27.7 Å². The second-order valence-corrected chi connectivity index (χ2v) is 9.23. The summed E-state index contributed by atoms with van der Waals surface area (Å²) in [6.45, 7) is 5.56. The van der Waals surface area contributed by atoms with Crippen molar-refractivity contribution in [3.63, 3.8) is 0 Å². The third kappa shape index (κ3) is 5.14. The van der Waals surface area contributed by atoms with E-state index in [0.717, 1.165) is 23.1 Å². The number of anilines is 2. The Bertz CT molecular complexity index is 1160. The van der Waals surface area contributed by atoms with Gasteiger partial charge >= 0.3 is 0 Å². The molecular weight excluding hydrogens is 408 g/mol. The highest BCUT2D eigenvalue weighted by Gasteiger charge is 2.28. The van der Waals surface area contributed by atoms with E-state index in [-0.39, 0.29) is 17.3 Å². The van der Waals surface area contributed by atoms with E-state index in [2.05, 4.69) is 5.32 Å². The number of hydrogen-bond acceptors (Lipinski definition) is 3. The topological polar surface area (TPSA) is 66.5 Å². The van der Waals surface area contributed by atoms with Crippen LogP contribution in [0, 0.1) is 6.92 Å². The molecule has 0 saturated heterocycles. The molecule has 0 aliphatic heterocycles. The van der Waals surface area contributed by atoms with Crippen LogP contribution in [0.3, 0.4) is 0 Å². The third-order valence-corrected chi connectivity index (χ3v) is 6.98. The predicted octanol–water partition coefficient (Wildman–Crippen LogP) is 4.95. The van der Waals surface area contributed by atoms with Crippen molar-refractivity contribution in [2.45, 2.75) is 38.5 Å². The van der Waals surface area contributed by atoms with Gasteiger partial charge in [0.05, 0.1) is 10.6 Å². The van der Waals surface area contributed by atoms with Crippen LogP contribution in [0.25, 0.3) is 0 Å². The second-order valence-electron chi connectivity index (χ2n) is 7.37. The van der Waals surface area contributed by atoms with Gasteiger partial charge in [-0.2, -0.15) is 0 Å². The van der Waals surface area contributed by atoms with E-state index in [1.165, 1.54) is 4.31 Å². The van der Waals surface area contributed by atoms with Crippen molar-refractivity contribution in [3.05, 3.63) is 89.5 Å². The number of carbonyl (C=O) groups excluding carboxylic acids is 1. The standard InChI is InChI=1S/C25H28N2O3S/c1-4-20-10-6-8-12-23(20)26-25(28)18-27(24-13-9-7-11-21(24)5-2)31(29,30)22-16-14-19(3)15-17-22/h6-17H,4-5,18H2,1-3H3,(H,26,28). The zero-order valence-electron chi connectivity index (χ0n) is 18.1. The number of aryl methyl sites for hydroxylation is 3. The number of nitrogens with zero attached hydrogens (tertiary/aromatic N) is 1. The van der Waals surface area contributed by atoms with Crippen molar-refractivity contribution >= 4 is 27.3 Å². The van der Waals surface area contributed by atoms with Crippen molar-refractivity contribution in [3.8, 4) is 0 Å². The summed E-state index contributed by atoms with van der Waals surface area (Å²) in [4.78, 5) is 13.1. The van der Waals surface area contributed by atoms with E-state index in [1.54, 1.807) is 36.4 Å². The highest BCUT2D eigenvalue weighted by molar-refractivity contribution is 7.92. The largest absolute Gasteiger partial charge is 0.324 e. The SMILES string of the molecule is CCc1ccccc1NC(=O)CN(c1ccccc1CC)S(=O)(=O)c1ccc(C)cc1. The highest BCUT2D eigenvalue weighted by atomic mass is 32.2. The van der Waals surface area contributed by atoms with Crippen LogP contribution in [0.4, 0.5) is 11.4 Å². The van der Waals surface area contributed by atoms with Crippen LogP contribution in [0.2, 0.25) is 0 Å². The molecule has 0 aliphatic rings. The van der Waals surface area contributed by atoms with Crippen LogP contribution < -0.4 is 9.62 Å². The first-order chi connectivity index (χ1) is 14.9. The number of amides is 1. The second kappa shape index (κ2) is 9.79. The maximum absolute atomic E-state index is 13.6. The number of para-hydroxylation sites is 2. The number of carbonyl (C=O) groups is 1. The van der Waals surface area contributed by atoms with Gasteiger partial charge in [0.1, 0.15) is 6.54 Å². The molecule has 1 amide bonds. The summed E-state index contributed by atoms with van der Waals surface area (Å²) in [6, 6.07) is 21.5. The number of benzene rings is 3.